The van der Waals surface area contributed by atoms with Crippen LogP contribution >= 0.6 is 0 Å². The lowest BCUT2D eigenvalue weighted by Crippen LogP contribution is -2.39. The predicted molar refractivity (Wildman–Crippen MR) is 106 cm³/mol. The SMILES string of the molecule is O=C(CC(NCc1ccco1)C(=O)O)Nc1ccc(Nc2ccccc2)cc1. The summed E-state index contributed by atoms with van der Waals surface area (Å²) in [5.74, 6) is -0.875. The molecule has 0 saturated carbocycles. The zero-order valence-corrected chi connectivity index (χ0v) is 15.1. The number of anilines is 3. The molecule has 28 heavy (non-hydrogen) atoms. The highest BCUT2D eigenvalue weighted by Crippen LogP contribution is 2.18. The molecule has 7 heteroatoms. The summed E-state index contributed by atoms with van der Waals surface area (Å²) in [7, 11) is 0. The molecule has 0 aliphatic carbocycles. The van der Waals surface area contributed by atoms with E-state index in [2.05, 4.69) is 16.0 Å². The third kappa shape index (κ3) is 5.72. The van der Waals surface area contributed by atoms with Crippen molar-refractivity contribution in [2.75, 3.05) is 10.6 Å². The number of hydrogen-bond acceptors (Lipinski definition) is 5. The van der Waals surface area contributed by atoms with E-state index in [4.69, 9.17) is 4.42 Å². The molecule has 144 valence electrons. The Hall–Kier alpha value is -3.58. The Kier molecular flexibility index (Phi) is 6.43. The first kappa shape index (κ1) is 19.2. The number of carboxylic acids is 1. The molecule has 2 aromatic carbocycles. The van der Waals surface area contributed by atoms with Crippen molar-refractivity contribution in [2.45, 2.75) is 19.0 Å². The van der Waals surface area contributed by atoms with Crippen LogP contribution in [-0.2, 0) is 16.1 Å². The first-order chi connectivity index (χ1) is 13.6. The van der Waals surface area contributed by atoms with Gasteiger partial charge in [-0.25, -0.2) is 0 Å². The van der Waals surface area contributed by atoms with Crippen molar-refractivity contribution in [3.63, 3.8) is 0 Å². The number of carbonyl (C=O) groups excluding carboxylic acids is 1. The Morgan fingerprint density at radius 3 is 2.21 bits per heavy atom. The number of furan rings is 1. The van der Waals surface area contributed by atoms with Crippen LogP contribution in [0.4, 0.5) is 17.1 Å². The average molecular weight is 379 g/mol. The van der Waals surface area contributed by atoms with Crippen molar-refractivity contribution in [1.29, 1.82) is 0 Å². The van der Waals surface area contributed by atoms with E-state index in [0.29, 0.717) is 11.4 Å². The molecular formula is C21H21N3O4. The number of nitrogens with one attached hydrogen (secondary N) is 3. The van der Waals surface area contributed by atoms with E-state index < -0.39 is 12.0 Å². The van der Waals surface area contributed by atoms with Crippen LogP contribution in [-0.4, -0.2) is 23.0 Å². The van der Waals surface area contributed by atoms with Crippen molar-refractivity contribution in [3.8, 4) is 0 Å². The van der Waals surface area contributed by atoms with Crippen LogP contribution in [0.2, 0.25) is 0 Å². The van der Waals surface area contributed by atoms with Gasteiger partial charge in [0, 0.05) is 17.1 Å². The van der Waals surface area contributed by atoms with Crippen LogP contribution in [0, 0.1) is 0 Å². The number of carbonyl (C=O) groups is 2. The van der Waals surface area contributed by atoms with Crippen molar-refractivity contribution in [1.82, 2.24) is 5.32 Å². The van der Waals surface area contributed by atoms with Gasteiger partial charge in [-0.3, -0.25) is 14.9 Å². The van der Waals surface area contributed by atoms with E-state index in [1.807, 2.05) is 42.5 Å². The first-order valence-electron chi connectivity index (χ1n) is 8.81. The smallest absolute Gasteiger partial charge is 0.321 e. The van der Waals surface area contributed by atoms with Crippen LogP contribution < -0.4 is 16.0 Å². The molecule has 4 N–H and O–H groups in total. The van der Waals surface area contributed by atoms with E-state index in [0.717, 1.165) is 11.4 Å². The van der Waals surface area contributed by atoms with Crippen molar-refractivity contribution >= 4 is 28.9 Å². The maximum atomic E-state index is 12.2. The van der Waals surface area contributed by atoms with Crippen LogP contribution in [0.3, 0.4) is 0 Å². The van der Waals surface area contributed by atoms with Crippen molar-refractivity contribution in [3.05, 3.63) is 78.8 Å². The zero-order valence-electron chi connectivity index (χ0n) is 15.1. The number of amides is 1. The molecule has 3 aromatic rings. The number of hydrogen-bond donors (Lipinski definition) is 4. The first-order valence-corrected chi connectivity index (χ1v) is 8.81. The minimum atomic E-state index is -1.09. The second-order valence-corrected chi connectivity index (χ2v) is 6.17. The lowest BCUT2D eigenvalue weighted by molar-refractivity contribution is -0.141. The lowest BCUT2D eigenvalue weighted by Gasteiger charge is -2.14. The Bertz CT molecular complexity index is 893. The highest BCUT2D eigenvalue weighted by atomic mass is 16.4. The normalized spacial score (nSPS) is 11.6. The highest BCUT2D eigenvalue weighted by Gasteiger charge is 2.21. The predicted octanol–water partition coefficient (Wildman–Crippen LogP) is 3.59. The van der Waals surface area contributed by atoms with Gasteiger partial charge in [0.05, 0.1) is 19.2 Å². The fourth-order valence-corrected chi connectivity index (χ4v) is 2.61. The Morgan fingerprint density at radius 1 is 0.893 bits per heavy atom. The van der Waals surface area contributed by atoms with Gasteiger partial charge in [0.15, 0.2) is 0 Å². The molecule has 0 aliphatic heterocycles. The zero-order chi connectivity index (χ0) is 19.8. The lowest BCUT2D eigenvalue weighted by atomic mass is 10.2. The summed E-state index contributed by atoms with van der Waals surface area (Å²) in [4.78, 5) is 23.6. The van der Waals surface area contributed by atoms with Gasteiger partial charge in [-0.05, 0) is 48.5 Å². The summed E-state index contributed by atoms with van der Waals surface area (Å²) in [5, 5.41) is 18.1. The van der Waals surface area contributed by atoms with Crippen LogP contribution in [0.15, 0.2) is 77.4 Å². The maximum absolute atomic E-state index is 12.2. The molecule has 0 saturated heterocycles. The van der Waals surface area contributed by atoms with Crippen LogP contribution in [0.1, 0.15) is 12.2 Å². The minimum Gasteiger partial charge on any atom is -0.480 e. The highest BCUT2D eigenvalue weighted by molar-refractivity contribution is 5.94. The van der Waals surface area contributed by atoms with E-state index in [-0.39, 0.29) is 18.9 Å². The monoisotopic (exact) mass is 379 g/mol. The van der Waals surface area contributed by atoms with Crippen molar-refractivity contribution in [2.24, 2.45) is 0 Å². The maximum Gasteiger partial charge on any atom is 0.321 e. The van der Waals surface area contributed by atoms with Gasteiger partial charge < -0.3 is 20.2 Å². The molecule has 0 fully saturated rings. The fraction of sp³-hybridized carbons (Fsp3) is 0.143. The summed E-state index contributed by atoms with van der Waals surface area (Å²) in [6.45, 7) is 0.233. The van der Waals surface area contributed by atoms with Gasteiger partial charge in [-0.1, -0.05) is 18.2 Å². The second-order valence-electron chi connectivity index (χ2n) is 6.17. The summed E-state index contributed by atoms with van der Waals surface area (Å²) in [6.07, 6.45) is 1.32. The van der Waals surface area contributed by atoms with E-state index >= 15 is 0 Å². The van der Waals surface area contributed by atoms with Crippen molar-refractivity contribution < 1.29 is 19.1 Å². The van der Waals surface area contributed by atoms with Gasteiger partial charge in [0.2, 0.25) is 5.91 Å². The molecule has 0 radical (unpaired) electrons. The number of carboxylic acid groups (broad SMARTS) is 1. The number of rotatable bonds is 9. The number of aliphatic carboxylic acids is 1. The molecule has 1 amide bonds. The van der Waals surface area contributed by atoms with Gasteiger partial charge in [0.25, 0.3) is 0 Å². The standard InChI is InChI=1S/C21H21N3O4/c25-20(13-19(21(26)27)22-14-18-7-4-12-28-18)24-17-10-8-16(9-11-17)23-15-5-2-1-3-6-15/h1-12,19,22-23H,13-14H2,(H,24,25)(H,26,27). The largest absolute Gasteiger partial charge is 0.480 e. The second kappa shape index (κ2) is 9.38. The van der Waals surface area contributed by atoms with Gasteiger partial charge in [0.1, 0.15) is 11.8 Å². The summed E-state index contributed by atoms with van der Waals surface area (Å²) in [5.41, 5.74) is 2.44. The van der Waals surface area contributed by atoms with E-state index in [1.165, 1.54) is 6.26 Å². The van der Waals surface area contributed by atoms with Gasteiger partial charge in [-0.15, -0.1) is 0 Å². The average Bonchev–Trinajstić information content (AvgIpc) is 3.21. The number of benzene rings is 2. The molecule has 7 nitrogen and oxygen atoms in total. The molecule has 1 aromatic heterocycles. The molecule has 0 spiro atoms. The van der Waals surface area contributed by atoms with Crippen LogP contribution in [0.5, 0.6) is 0 Å². The summed E-state index contributed by atoms with van der Waals surface area (Å²) < 4.78 is 5.16. The Balaban J connectivity index is 1.52. The third-order valence-electron chi connectivity index (χ3n) is 4.02. The van der Waals surface area contributed by atoms with E-state index in [1.54, 1.807) is 24.3 Å². The molecule has 1 atom stereocenters. The molecule has 3 rings (SSSR count). The minimum absolute atomic E-state index is 0.194. The van der Waals surface area contributed by atoms with Gasteiger partial charge in [-0.2, -0.15) is 0 Å². The quantitative estimate of drug-likeness (QED) is 0.453. The Morgan fingerprint density at radius 2 is 1.57 bits per heavy atom. The van der Waals surface area contributed by atoms with Gasteiger partial charge >= 0.3 is 5.97 Å². The summed E-state index contributed by atoms with van der Waals surface area (Å²) in [6, 6.07) is 19.4. The molecule has 1 heterocycles. The van der Waals surface area contributed by atoms with Crippen LogP contribution in [0.25, 0.3) is 0 Å². The fourth-order valence-electron chi connectivity index (χ4n) is 2.61. The molecule has 1 unspecified atom stereocenters. The number of para-hydroxylation sites is 1. The summed E-state index contributed by atoms with van der Waals surface area (Å²) >= 11 is 0. The topological polar surface area (TPSA) is 104 Å². The molecule has 0 aliphatic rings. The Labute approximate surface area is 162 Å². The van der Waals surface area contributed by atoms with E-state index in [9.17, 15) is 14.7 Å². The third-order valence-corrected chi connectivity index (χ3v) is 4.02. The molecular weight excluding hydrogens is 358 g/mol. The molecule has 0 bridgehead atoms.